The summed E-state index contributed by atoms with van der Waals surface area (Å²) in [7, 11) is 1.07. The third-order valence-corrected chi connectivity index (χ3v) is 2.81. The zero-order chi connectivity index (χ0) is 7.57. The number of fused-ring (bicyclic) bond motifs is 1. The Bertz CT molecular complexity index is 206. The smallest absolute Gasteiger partial charge is 0.183 e. The van der Waals surface area contributed by atoms with Crippen LogP contribution in [0.25, 0.3) is 0 Å². The SMILES string of the molecule is CC(C)C(=O)C12BC1(C)N2. The van der Waals surface area contributed by atoms with E-state index in [-0.39, 0.29) is 16.8 Å². The molecule has 0 aromatic heterocycles. The van der Waals surface area contributed by atoms with E-state index in [1.807, 2.05) is 13.8 Å². The lowest BCUT2D eigenvalue weighted by atomic mass is 9.83. The molecule has 0 bridgehead atoms. The minimum Gasteiger partial charge on any atom is -0.311 e. The van der Waals surface area contributed by atoms with Crippen LogP contribution in [0.1, 0.15) is 20.8 Å². The maximum Gasteiger partial charge on any atom is 0.183 e. The van der Waals surface area contributed by atoms with Crippen LogP contribution in [0, 0.1) is 5.92 Å². The van der Waals surface area contributed by atoms with Crippen molar-refractivity contribution < 1.29 is 4.79 Å². The summed E-state index contributed by atoms with van der Waals surface area (Å²) < 4.78 is 0. The van der Waals surface area contributed by atoms with E-state index in [9.17, 15) is 4.79 Å². The van der Waals surface area contributed by atoms with Gasteiger partial charge in [0.25, 0.3) is 0 Å². The molecule has 2 heterocycles. The second-order valence-corrected chi connectivity index (χ2v) is 4.06. The van der Waals surface area contributed by atoms with Gasteiger partial charge in [-0.15, -0.1) is 0 Å². The van der Waals surface area contributed by atoms with E-state index in [1.54, 1.807) is 0 Å². The van der Waals surface area contributed by atoms with E-state index in [2.05, 4.69) is 12.2 Å². The molecular formula is C7H12BNO. The fraction of sp³-hybridized carbons (Fsp3) is 0.857. The molecule has 0 aliphatic carbocycles. The highest BCUT2D eigenvalue weighted by atomic mass is 16.1. The van der Waals surface area contributed by atoms with Gasteiger partial charge in [0.2, 0.25) is 0 Å². The average molecular weight is 137 g/mol. The van der Waals surface area contributed by atoms with Crippen LogP contribution < -0.4 is 5.32 Å². The van der Waals surface area contributed by atoms with Crippen LogP contribution >= 0.6 is 0 Å². The normalized spacial score (nSPS) is 48.0. The Morgan fingerprint density at radius 2 is 2.00 bits per heavy atom. The highest BCUT2D eigenvalue weighted by molar-refractivity contribution is 6.73. The molecule has 2 fully saturated rings. The Labute approximate surface area is 61.6 Å². The molecule has 0 spiro atoms. The first-order valence-electron chi connectivity index (χ1n) is 3.85. The molecule has 0 radical (unpaired) electrons. The lowest BCUT2D eigenvalue weighted by Gasteiger charge is -2.04. The second kappa shape index (κ2) is 1.33. The van der Waals surface area contributed by atoms with E-state index in [0.717, 1.165) is 7.28 Å². The van der Waals surface area contributed by atoms with Crippen LogP contribution in [-0.2, 0) is 4.79 Å². The summed E-state index contributed by atoms with van der Waals surface area (Å²) in [4.78, 5) is 11.4. The van der Waals surface area contributed by atoms with Crippen molar-refractivity contribution in [1.82, 2.24) is 5.32 Å². The Balaban J connectivity index is 2.10. The molecule has 0 aromatic rings. The van der Waals surface area contributed by atoms with Gasteiger partial charge in [-0.25, -0.2) is 0 Å². The number of carbonyl (C=O) groups is 1. The van der Waals surface area contributed by atoms with Crippen molar-refractivity contribution in [3.05, 3.63) is 0 Å². The molecule has 2 aliphatic rings. The van der Waals surface area contributed by atoms with E-state index in [4.69, 9.17) is 0 Å². The number of Topliss-reactive ketones (excluding diaryl/α,β-unsaturated/α-hetero) is 1. The van der Waals surface area contributed by atoms with Crippen LogP contribution in [0.4, 0.5) is 0 Å². The Morgan fingerprint density at radius 3 is 2.10 bits per heavy atom. The standard InChI is InChI=1S/C7H12BNO/c1-4(2)5(10)7-6(3,8-7)9-7/h4,8-9H,1-3H3. The number of hydrogen-bond donors (Lipinski definition) is 1. The second-order valence-electron chi connectivity index (χ2n) is 4.06. The van der Waals surface area contributed by atoms with Gasteiger partial charge < -0.3 is 5.32 Å². The molecule has 10 heavy (non-hydrogen) atoms. The third-order valence-electron chi connectivity index (χ3n) is 2.81. The summed E-state index contributed by atoms with van der Waals surface area (Å²) >= 11 is 0. The molecule has 0 aromatic carbocycles. The molecule has 2 unspecified atom stereocenters. The van der Waals surface area contributed by atoms with E-state index in [0.29, 0.717) is 5.78 Å². The summed E-state index contributed by atoms with van der Waals surface area (Å²) in [5.41, 5.74) is 0.162. The van der Waals surface area contributed by atoms with Crippen molar-refractivity contribution in [2.24, 2.45) is 5.92 Å². The average Bonchev–Trinajstić information content (AvgIpc) is 2.50. The monoisotopic (exact) mass is 137 g/mol. The third kappa shape index (κ3) is 0.484. The molecular weight excluding hydrogens is 125 g/mol. The van der Waals surface area contributed by atoms with Gasteiger partial charge in [0.1, 0.15) is 5.78 Å². The zero-order valence-corrected chi connectivity index (χ0v) is 6.69. The first kappa shape index (κ1) is 6.41. The first-order chi connectivity index (χ1) is 4.52. The minimum atomic E-state index is -0.0544. The van der Waals surface area contributed by atoms with Gasteiger partial charge in [-0.3, -0.25) is 4.79 Å². The number of carbonyl (C=O) groups excluding carboxylic acids is 1. The lowest BCUT2D eigenvalue weighted by molar-refractivity contribution is -0.122. The van der Waals surface area contributed by atoms with Crippen LogP contribution in [0.3, 0.4) is 0 Å². The maximum atomic E-state index is 11.4. The van der Waals surface area contributed by atoms with E-state index in [1.165, 1.54) is 0 Å². The van der Waals surface area contributed by atoms with Crippen LogP contribution in [0.2, 0.25) is 0 Å². The molecule has 2 aliphatic heterocycles. The lowest BCUT2D eigenvalue weighted by Crippen LogP contribution is -2.30. The summed E-state index contributed by atoms with van der Waals surface area (Å²) in [6.45, 7) is 6.05. The predicted molar refractivity (Wildman–Crippen MR) is 41.3 cm³/mol. The highest BCUT2D eigenvalue weighted by Crippen LogP contribution is 2.55. The van der Waals surface area contributed by atoms with Crippen molar-refractivity contribution in [3.8, 4) is 0 Å². The van der Waals surface area contributed by atoms with Crippen molar-refractivity contribution in [2.45, 2.75) is 31.6 Å². The predicted octanol–water partition coefficient (Wildman–Crippen LogP) is -0.323. The number of ketones is 1. The highest BCUT2D eigenvalue weighted by Gasteiger charge is 2.84. The first-order valence-corrected chi connectivity index (χ1v) is 3.85. The summed E-state index contributed by atoms with van der Waals surface area (Å²) in [6, 6.07) is 0. The molecule has 2 saturated heterocycles. The summed E-state index contributed by atoms with van der Waals surface area (Å²) in [6.07, 6.45) is 0. The molecule has 2 atom stereocenters. The van der Waals surface area contributed by atoms with Crippen molar-refractivity contribution in [1.29, 1.82) is 0 Å². The minimum absolute atomic E-state index is 0.0544. The largest absolute Gasteiger partial charge is 0.311 e. The molecule has 54 valence electrons. The fourth-order valence-electron chi connectivity index (χ4n) is 1.82. The van der Waals surface area contributed by atoms with Gasteiger partial charge in [0, 0.05) is 11.4 Å². The van der Waals surface area contributed by atoms with Crippen molar-refractivity contribution in [2.75, 3.05) is 0 Å². The van der Waals surface area contributed by atoms with Crippen LogP contribution in [0.5, 0.6) is 0 Å². The van der Waals surface area contributed by atoms with Crippen LogP contribution in [0.15, 0.2) is 0 Å². The van der Waals surface area contributed by atoms with Gasteiger partial charge in [0.15, 0.2) is 7.28 Å². The number of rotatable bonds is 2. The topological polar surface area (TPSA) is 39.0 Å². The zero-order valence-electron chi connectivity index (χ0n) is 6.69. The molecule has 1 N–H and O–H groups in total. The Hall–Kier alpha value is -0.305. The molecule has 0 amide bonds. The number of hydrogen-bond acceptors (Lipinski definition) is 2. The van der Waals surface area contributed by atoms with Gasteiger partial charge in [-0.1, -0.05) is 20.8 Å². The maximum absolute atomic E-state index is 11.4. The Morgan fingerprint density at radius 1 is 1.60 bits per heavy atom. The van der Waals surface area contributed by atoms with E-state index < -0.39 is 0 Å². The molecule has 2 rings (SSSR count). The Kier molecular flexibility index (Phi) is 0.851. The van der Waals surface area contributed by atoms with E-state index >= 15 is 0 Å². The summed E-state index contributed by atoms with van der Waals surface area (Å²) in [5, 5.41) is 3.22. The molecule has 0 saturated carbocycles. The molecule has 2 nitrogen and oxygen atoms in total. The van der Waals surface area contributed by atoms with Gasteiger partial charge in [-0.2, -0.15) is 0 Å². The van der Waals surface area contributed by atoms with Crippen LogP contribution in [-0.4, -0.2) is 23.9 Å². The van der Waals surface area contributed by atoms with Gasteiger partial charge in [-0.05, 0) is 0 Å². The van der Waals surface area contributed by atoms with Gasteiger partial charge >= 0.3 is 0 Å². The van der Waals surface area contributed by atoms with Crippen molar-refractivity contribution >= 4 is 13.1 Å². The fourth-order valence-corrected chi connectivity index (χ4v) is 1.82. The summed E-state index contributed by atoms with van der Waals surface area (Å²) in [5.74, 6) is 0.590. The van der Waals surface area contributed by atoms with Gasteiger partial charge in [0.05, 0.1) is 5.44 Å². The van der Waals surface area contributed by atoms with Crippen molar-refractivity contribution in [3.63, 3.8) is 0 Å². The molecule has 3 heteroatoms. The quantitative estimate of drug-likeness (QED) is 0.418. The number of nitrogens with one attached hydrogen (secondary N) is 1.